The number of hydrogen-bond acceptors (Lipinski definition) is 2. The summed E-state index contributed by atoms with van der Waals surface area (Å²) >= 11 is 0. The maximum atomic E-state index is 12.4. The van der Waals surface area contributed by atoms with Crippen LogP contribution in [0.2, 0.25) is 0 Å². The maximum Gasteiger partial charge on any atom is 0.416 e. The molecule has 3 nitrogen and oxygen atoms in total. The molecule has 1 aromatic carbocycles. The first kappa shape index (κ1) is 17.5. The molecule has 0 saturated carbocycles. The molecule has 0 fully saturated rings. The Labute approximate surface area is 122 Å². The number of amides is 1. The monoisotopic (exact) mass is 302 g/mol. The summed E-state index contributed by atoms with van der Waals surface area (Å²) in [6.07, 6.45) is -2.91. The molecule has 1 rings (SSSR count). The summed E-state index contributed by atoms with van der Waals surface area (Å²) in [6.45, 7) is 4.32. The molecule has 1 unspecified atom stereocenters. The third kappa shape index (κ3) is 5.38. The Kier molecular flexibility index (Phi) is 5.78. The summed E-state index contributed by atoms with van der Waals surface area (Å²) in [5, 5.41) is 2.90. The van der Waals surface area contributed by atoms with E-state index >= 15 is 0 Å². The molecule has 0 aromatic heterocycles. The minimum atomic E-state index is -4.36. The molecule has 0 spiro atoms. The van der Waals surface area contributed by atoms with Crippen molar-refractivity contribution in [3.8, 4) is 0 Å². The summed E-state index contributed by atoms with van der Waals surface area (Å²) in [5.41, 5.74) is 4.97. The molecular weight excluding hydrogens is 281 g/mol. The number of carbonyl (C=O) groups is 1. The average molecular weight is 302 g/mol. The summed E-state index contributed by atoms with van der Waals surface area (Å²) < 4.78 is 37.3. The molecule has 0 aliphatic carbocycles. The normalized spacial score (nSPS) is 14.6. The highest BCUT2D eigenvalue weighted by atomic mass is 19.4. The Morgan fingerprint density at radius 1 is 1.24 bits per heavy atom. The second kappa shape index (κ2) is 6.93. The predicted molar refractivity (Wildman–Crippen MR) is 75.7 cm³/mol. The van der Waals surface area contributed by atoms with Gasteiger partial charge in [0, 0.05) is 5.54 Å². The molecular formula is C15H21F3N2O. The van der Waals surface area contributed by atoms with Crippen LogP contribution in [-0.2, 0) is 17.4 Å². The smallest absolute Gasteiger partial charge is 0.351 e. The number of carbonyl (C=O) groups excluding carboxylic acids is 1. The standard InChI is InChI=1S/C15H21F3N2O/c1-3-14(2,8-9-19)20-13(21)10-11-4-6-12(7-5-11)15(16,17)18/h4-7H,3,8-10,19H2,1-2H3,(H,20,21). The predicted octanol–water partition coefficient (Wildman–Crippen LogP) is 2.88. The van der Waals surface area contributed by atoms with Crippen LogP contribution in [0.5, 0.6) is 0 Å². The average Bonchev–Trinajstić information content (AvgIpc) is 2.38. The van der Waals surface area contributed by atoms with E-state index in [-0.39, 0.29) is 17.9 Å². The molecule has 21 heavy (non-hydrogen) atoms. The van der Waals surface area contributed by atoms with Crippen molar-refractivity contribution < 1.29 is 18.0 Å². The van der Waals surface area contributed by atoms with Gasteiger partial charge < -0.3 is 11.1 Å². The molecule has 118 valence electrons. The van der Waals surface area contributed by atoms with Crippen molar-refractivity contribution >= 4 is 5.91 Å². The molecule has 0 heterocycles. The first-order valence-electron chi connectivity index (χ1n) is 6.87. The largest absolute Gasteiger partial charge is 0.416 e. The van der Waals surface area contributed by atoms with Crippen molar-refractivity contribution in [2.75, 3.05) is 6.54 Å². The van der Waals surface area contributed by atoms with Gasteiger partial charge in [-0.25, -0.2) is 0 Å². The van der Waals surface area contributed by atoms with E-state index in [4.69, 9.17) is 5.73 Å². The van der Waals surface area contributed by atoms with Crippen molar-refractivity contribution in [3.63, 3.8) is 0 Å². The fourth-order valence-corrected chi connectivity index (χ4v) is 2.02. The highest BCUT2D eigenvalue weighted by Crippen LogP contribution is 2.29. The lowest BCUT2D eigenvalue weighted by atomic mass is 9.94. The SMILES string of the molecule is CCC(C)(CCN)NC(=O)Cc1ccc(C(F)(F)F)cc1. The van der Waals surface area contributed by atoms with Crippen LogP contribution in [0.4, 0.5) is 13.2 Å². The van der Waals surface area contributed by atoms with E-state index in [2.05, 4.69) is 5.32 Å². The van der Waals surface area contributed by atoms with Crippen molar-refractivity contribution in [1.82, 2.24) is 5.32 Å². The van der Waals surface area contributed by atoms with Crippen LogP contribution < -0.4 is 11.1 Å². The van der Waals surface area contributed by atoms with Crippen LogP contribution in [0.25, 0.3) is 0 Å². The lowest BCUT2D eigenvalue weighted by molar-refractivity contribution is -0.137. The second-order valence-electron chi connectivity index (χ2n) is 5.37. The van der Waals surface area contributed by atoms with Crippen molar-refractivity contribution in [1.29, 1.82) is 0 Å². The third-order valence-corrected chi connectivity index (χ3v) is 3.56. The van der Waals surface area contributed by atoms with Gasteiger partial charge in [0.25, 0.3) is 0 Å². The third-order valence-electron chi connectivity index (χ3n) is 3.56. The molecule has 0 radical (unpaired) electrons. The lowest BCUT2D eigenvalue weighted by Gasteiger charge is -2.29. The zero-order chi connectivity index (χ0) is 16.1. The Balaban J connectivity index is 2.67. The first-order valence-corrected chi connectivity index (χ1v) is 6.87. The Hall–Kier alpha value is -1.56. The summed E-state index contributed by atoms with van der Waals surface area (Å²) in [4.78, 5) is 12.0. The van der Waals surface area contributed by atoms with Gasteiger partial charge >= 0.3 is 6.18 Å². The number of nitrogens with two attached hydrogens (primary N) is 1. The van der Waals surface area contributed by atoms with Crippen LogP contribution in [-0.4, -0.2) is 18.0 Å². The van der Waals surface area contributed by atoms with Gasteiger partial charge in [-0.2, -0.15) is 13.2 Å². The summed E-state index contributed by atoms with van der Waals surface area (Å²) in [5.74, 6) is -0.215. The zero-order valence-electron chi connectivity index (χ0n) is 12.3. The molecule has 0 saturated heterocycles. The fourth-order valence-electron chi connectivity index (χ4n) is 2.02. The number of nitrogens with one attached hydrogen (secondary N) is 1. The molecule has 0 aliphatic rings. The number of alkyl halides is 3. The van der Waals surface area contributed by atoms with Gasteiger partial charge in [0.1, 0.15) is 0 Å². The fraction of sp³-hybridized carbons (Fsp3) is 0.533. The van der Waals surface area contributed by atoms with Crippen LogP contribution in [0.15, 0.2) is 24.3 Å². The quantitative estimate of drug-likeness (QED) is 0.849. The molecule has 6 heteroatoms. The topological polar surface area (TPSA) is 55.1 Å². The molecule has 1 aromatic rings. The first-order chi connectivity index (χ1) is 9.70. The van der Waals surface area contributed by atoms with Gasteiger partial charge in [-0.05, 0) is 44.0 Å². The zero-order valence-corrected chi connectivity index (χ0v) is 12.3. The van der Waals surface area contributed by atoms with E-state index in [1.807, 2.05) is 13.8 Å². The summed E-state index contributed by atoms with van der Waals surface area (Å²) in [6, 6.07) is 4.63. The van der Waals surface area contributed by atoms with Crippen LogP contribution in [0, 0.1) is 0 Å². The number of hydrogen-bond donors (Lipinski definition) is 2. The highest BCUT2D eigenvalue weighted by molar-refractivity contribution is 5.79. The van der Waals surface area contributed by atoms with E-state index in [9.17, 15) is 18.0 Å². The number of rotatable bonds is 6. The van der Waals surface area contributed by atoms with E-state index in [0.717, 1.165) is 18.6 Å². The van der Waals surface area contributed by atoms with Gasteiger partial charge in [-0.3, -0.25) is 4.79 Å². The Morgan fingerprint density at radius 2 is 1.81 bits per heavy atom. The van der Waals surface area contributed by atoms with Gasteiger partial charge in [-0.1, -0.05) is 19.1 Å². The van der Waals surface area contributed by atoms with Gasteiger partial charge in [0.15, 0.2) is 0 Å². The van der Waals surface area contributed by atoms with Crippen LogP contribution in [0.1, 0.15) is 37.8 Å². The van der Waals surface area contributed by atoms with E-state index in [1.165, 1.54) is 12.1 Å². The maximum absolute atomic E-state index is 12.4. The van der Waals surface area contributed by atoms with Crippen LogP contribution >= 0.6 is 0 Å². The van der Waals surface area contributed by atoms with Crippen LogP contribution in [0.3, 0.4) is 0 Å². The number of benzene rings is 1. The van der Waals surface area contributed by atoms with Gasteiger partial charge in [0.2, 0.25) is 5.91 Å². The minimum Gasteiger partial charge on any atom is -0.351 e. The Morgan fingerprint density at radius 3 is 2.24 bits per heavy atom. The second-order valence-corrected chi connectivity index (χ2v) is 5.37. The van der Waals surface area contributed by atoms with E-state index in [1.54, 1.807) is 0 Å². The highest BCUT2D eigenvalue weighted by Gasteiger charge is 2.30. The van der Waals surface area contributed by atoms with Gasteiger partial charge in [0.05, 0.1) is 12.0 Å². The molecule has 1 amide bonds. The molecule has 3 N–H and O–H groups in total. The van der Waals surface area contributed by atoms with E-state index < -0.39 is 11.7 Å². The number of halogens is 3. The van der Waals surface area contributed by atoms with Crippen molar-refractivity contribution in [2.45, 2.75) is 44.8 Å². The summed E-state index contributed by atoms with van der Waals surface area (Å²) in [7, 11) is 0. The Bertz CT molecular complexity index is 471. The molecule has 1 atom stereocenters. The minimum absolute atomic E-state index is 0.0539. The molecule has 0 aliphatic heterocycles. The van der Waals surface area contributed by atoms with Gasteiger partial charge in [-0.15, -0.1) is 0 Å². The lowest BCUT2D eigenvalue weighted by Crippen LogP contribution is -2.47. The van der Waals surface area contributed by atoms with E-state index in [0.29, 0.717) is 18.5 Å². The van der Waals surface area contributed by atoms with Crippen molar-refractivity contribution in [3.05, 3.63) is 35.4 Å². The molecule has 0 bridgehead atoms. The van der Waals surface area contributed by atoms with Crippen molar-refractivity contribution in [2.24, 2.45) is 5.73 Å².